The number of methoxy groups -OCH3 is 3. The molecule has 168 valence electrons. The molecule has 1 amide bonds. The highest BCUT2D eigenvalue weighted by molar-refractivity contribution is 6.09. The third kappa shape index (κ3) is 4.39. The van der Waals surface area contributed by atoms with Gasteiger partial charge in [0.1, 0.15) is 11.4 Å². The molecule has 0 aliphatic rings. The largest absolute Gasteiger partial charge is 0.497 e. The molecule has 1 aromatic heterocycles. The SMILES string of the molecule is COc1cccc(-c2nn(-c3ccccc3)cc2C(=O)N(C)c2ccc(OC)c(OC)c2)c1. The maximum Gasteiger partial charge on any atom is 0.261 e. The smallest absolute Gasteiger partial charge is 0.261 e. The van der Waals surface area contributed by atoms with Crippen molar-refractivity contribution >= 4 is 11.6 Å². The van der Waals surface area contributed by atoms with Crippen molar-refractivity contribution in [2.45, 2.75) is 0 Å². The number of ether oxygens (including phenoxy) is 3. The minimum absolute atomic E-state index is 0.206. The first-order valence-corrected chi connectivity index (χ1v) is 10.3. The van der Waals surface area contributed by atoms with Gasteiger partial charge < -0.3 is 19.1 Å². The third-order valence-electron chi connectivity index (χ3n) is 5.37. The summed E-state index contributed by atoms with van der Waals surface area (Å²) in [6.07, 6.45) is 1.75. The van der Waals surface area contributed by atoms with E-state index in [9.17, 15) is 4.79 Å². The second kappa shape index (κ2) is 9.48. The highest BCUT2D eigenvalue weighted by Gasteiger charge is 2.23. The summed E-state index contributed by atoms with van der Waals surface area (Å²) in [7, 11) is 6.47. The van der Waals surface area contributed by atoms with Crippen molar-refractivity contribution in [2.24, 2.45) is 0 Å². The molecule has 4 rings (SSSR count). The Labute approximate surface area is 192 Å². The van der Waals surface area contributed by atoms with Crippen LogP contribution in [0.1, 0.15) is 10.4 Å². The van der Waals surface area contributed by atoms with Crippen LogP contribution in [0, 0.1) is 0 Å². The van der Waals surface area contributed by atoms with Gasteiger partial charge in [0.25, 0.3) is 5.91 Å². The number of carbonyl (C=O) groups is 1. The van der Waals surface area contributed by atoms with Gasteiger partial charge in [0.2, 0.25) is 0 Å². The number of amides is 1. The quantitative estimate of drug-likeness (QED) is 0.409. The summed E-state index contributed by atoms with van der Waals surface area (Å²) in [6, 6.07) is 22.5. The Hall–Kier alpha value is -4.26. The molecular formula is C26H25N3O4. The average molecular weight is 444 g/mol. The number of carbonyl (C=O) groups excluding carboxylic acids is 1. The Morgan fingerprint density at radius 1 is 0.848 bits per heavy atom. The molecule has 0 radical (unpaired) electrons. The van der Waals surface area contributed by atoms with Crippen LogP contribution in [0.4, 0.5) is 5.69 Å². The zero-order chi connectivity index (χ0) is 23.4. The molecule has 0 fully saturated rings. The Kier molecular flexibility index (Phi) is 6.31. The first kappa shape index (κ1) is 22.0. The topological polar surface area (TPSA) is 65.8 Å². The molecule has 0 bridgehead atoms. The summed E-state index contributed by atoms with van der Waals surface area (Å²) < 4.78 is 17.8. The maximum absolute atomic E-state index is 13.7. The fourth-order valence-corrected chi connectivity index (χ4v) is 3.56. The number of nitrogens with zero attached hydrogens (tertiary/aromatic N) is 3. The normalized spacial score (nSPS) is 10.5. The van der Waals surface area contributed by atoms with Crippen LogP contribution in [0.3, 0.4) is 0 Å². The molecule has 0 saturated heterocycles. The lowest BCUT2D eigenvalue weighted by Crippen LogP contribution is -2.26. The van der Waals surface area contributed by atoms with E-state index in [1.165, 1.54) is 0 Å². The van der Waals surface area contributed by atoms with E-state index >= 15 is 0 Å². The van der Waals surface area contributed by atoms with E-state index in [4.69, 9.17) is 19.3 Å². The zero-order valence-corrected chi connectivity index (χ0v) is 19.0. The highest BCUT2D eigenvalue weighted by atomic mass is 16.5. The third-order valence-corrected chi connectivity index (χ3v) is 5.37. The van der Waals surface area contributed by atoms with Gasteiger partial charge >= 0.3 is 0 Å². The molecule has 0 aliphatic carbocycles. The molecule has 0 spiro atoms. The van der Waals surface area contributed by atoms with Crippen molar-refractivity contribution in [1.29, 1.82) is 0 Å². The number of anilines is 1. The molecule has 7 heteroatoms. The summed E-state index contributed by atoms with van der Waals surface area (Å²) >= 11 is 0. The fourth-order valence-electron chi connectivity index (χ4n) is 3.56. The molecule has 0 saturated carbocycles. The van der Waals surface area contributed by atoms with Gasteiger partial charge in [0.05, 0.1) is 32.6 Å². The molecule has 0 aliphatic heterocycles. The number of benzene rings is 3. The first-order valence-electron chi connectivity index (χ1n) is 10.3. The van der Waals surface area contributed by atoms with Crippen molar-refractivity contribution in [2.75, 3.05) is 33.3 Å². The van der Waals surface area contributed by atoms with E-state index in [0.717, 1.165) is 11.3 Å². The lowest BCUT2D eigenvalue weighted by molar-refractivity contribution is 0.0993. The maximum atomic E-state index is 13.7. The summed E-state index contributed by atoms with van der Waals surface area (Å²) in [6.45, 7) is 0. The molecular weight excluding hydrogens is 418 g/mol. The van der Waals surface area contributed by atoms with Crippen LogP contribution in [0.2, 0.25) is 0 Å². The van der Waals surface area contributed by atoms with Crippen LogP contribution in [0.25, 0.3) is 16.9 Å². The summed E-state index contributed by atoms with van der Waals surface area (Å²) in [5, 5.41) is 4.75. The van der Waals surface area contributed by atoms with Gasteiger partial charge in [-0.2, -0.15) is 5.10 Å². The number of hydrogen-bond acceptors (Lipinski definition) is 5. The lowest BCUT2D eigenvalue weighted by atomic mass is 10.1. The second-order valence-electron chi connectivity index (χ2n) is 7.31. The van der Waals surface area contributed by atoms with Crippen LogP contribution in [-0.4, -0.2) is 44.1 Å². The van der Waals surface area contributed by atoms with E-state index in [-0.39, 0.29) is 5.91 Å². The summed E-state index contributed by atoms with van der Waals surface area (Å²) in [5.41, 5.74) is 3.34. The van der Waals surface area contributed by atoms with Crippen molar-refractivity contribution in [3.05, 3.63) is 84.6 Å². The minimum Gasteiger partial charge on any atom is -0.497 e. The fraction of sp³-hybridized carbons (Fsp3) is 0.154. The van der Waals surface area contributed by atoms with E-state index in [1.807, 2.05) is 60.7 Å². The van der Waals surface area contributed by atoms with E-state index in [0.29, 0.717) is 34.2 Å². The standard InChI is InChI=1S/C26H25N3O4/c1-28(20-13-14-23(32-3)24(16-20)33-4)26(30)22-17-29(19-10-6-5-7-11-19)27-25(22)18-9-8-12-21(15-18)31-2/h5-17H,1-4H3. The van der Waals surface area contributed by atoms with E-state index in [2.05, 4.69) is 0 Å². The zero-order valence-electron chi connectivity index (χ0n) is 19.0. The predicted octanol–water partition coefficient (Wildman–Crippen LogP) is 4.84. The van der Waals surface area contributed by atoms with Gasteiger partial charge in [-0.3, -0.25) is 4.79 Å². The van der Waals surface area contributed by atoms with Crippen LogP contribution < -0.4 is 19.1 Å². The van der Waals surface area contributed by atoms with Crippen molar-refractivity contribution in [3.8, 4) is 34.2 Å². The van der Waals surface area contributed by atoms with Gasteiger partial charge in [0, 0.05) is 30.6 Å². The van der Waals surface area contributed by atoms with Crippen LogP contribution in [-0.2, 0) is 0 Å². The Balaban J connectivity index is 1.79. The Bertz CT molecular complexity index is 1270. The Morgan fingerprint density at radius 2 is 1.61 bits per heavy atom. The molecule has 7 nitrogen and oxygen atoms in total. The van der Waals surface area contributed by atoms with Crippen LogP contribution in [0.15, 0.2) is 79.0 Å². The lowest BCUT2D eigenvalue weighted by Gasteiger charge is -2.19. The molecule has 0 unspecified atom stereocenters. The molecule has 1 heterocycles. The minimum atomic E-state index is -0.206. The monoisotopic (exact) mass is 443 g/mol. The molecule has 33 heavy (non-hydrogen) atoms. The molecule has 0 atom stereocenters. The number of aromatic nitrogens is 2. The molecule has 3 aromatic carbocycles. The molecule has 4 aromatic rings. The van der Waals surface area contributed by atoms with Gasteiger partial charge in [-0.05, 0) is 36.4 Å². The van der Waals surface area contributed by atoms with Gasteiger partial charge in [-0.15, -0.1) is 0 Å². The van der Waals surface area contributed by atoms with Gasteiger partial charge in [0.15, 0.2) is 11.5 Å². The van der Waals surface area contributed by atoms with Gasteiger partial charge in [-0.1, -0.05) is 30.3 Å². The number of rotatable bonds is 7. The van der Waals surface area contributed by atoms with Crippen LogP contribution in [0.5, 0.6) is 17.2 Å². The highest BCUT2D eigenvalue weighted by Crippen LogP contribution is 2.33. The van der Waals surface area contributed by atoms with E-state index in [1.54, 1.807) is 56.3 Å². The van der Waals surface area contributed by atoms with E-state index < -0.39 is 0 Å². The molecule has 0 N–H and O–H groups in total. The predicted molar refractivity (Wildman–Crippen MR) is 128 cm³/mol. The van der Waals surface area contributed by atoms with Crippen molar-refractivity contribution in [1.82, 2.24) is 9.78 Å². The van der Waals surface area contributed by atoms with Crippen molar-refractivity contribution < 1.29 is 19.0 Å². The number of hydrogen-bond donors (Lipinski definition) is 0. The summed E-state index contributed by atoms with van der Waals surface area (Å²) in [4.78, 5) is 15.2. The average Bonchev–Trinajstić information content (AvgIpc) is 3.33. The summed E-state index contributed by atoms with van der Waals surface area (Å²) in [5.74, 6) is 1.62. The Morgan fingerprint density at radius 3 is 2.30 bits per heavy atom. The van der Waals surface area contributed by atoms with Crippen molar-refractivity contribution in [3.63, 3.8) is 0 Å². The van der Waals surface area contributed by atoms with Gasteiger partial charge in [-0.25, -0.2) is 4.68 Å². The number of para-hydroxylation sites is 1. The van der Waals surface area contributed by atoms with Crippen LogP contribution >= 0.6 is 0 Å². The first-order chi connectivity index (χ1) is 16.0. The second-order valence-corrected chi connectivity index (χ2v) is 7.31.